The highest BCUT2D eigenvalue weighted by Gasteiger charge is 2.44. The fourth-order valence-corrected chi connectivity index (χ4v) is 12.0. The monoisotopic (exact) mass is 503 g/mol. The third-order valence-electron chi connectivity index (χ3n) is 6.74. The standard InChI is InChI=1S/C32H44OPSi/c1-5-28-35(3,4)33-29(2)20-12-7-6-8-19-27-34(30-21-13-9-14-22-30,31-23-15-10-16-24-31)32-25-17-11-18-26-32/h6,8-11,13-18,21-26,29H,5,7,12,19-20,27-28H2,1-4H3/q+1/b8-6-. The maximum Gasteiger partial charge on any atom is 0.187 e. The van der Waals surface area contributed by atoms with Crippen molar-refractivity contribution in [3.05, 3.63) is 103 Å². The number of hydrogen-bond acceptors (Lipinski definition) is 1. The zero-order valence-electron chi connectivity index (χ0n) is 22.2. The summed E-state index contributed by atoms with van der Waals surface area (Å²) < 4.78 is 6.42. The van der Waals surface area contributed by atoms with E-state index in [1.54, 1.807) is 0 Å². The summed E-state index contributed by atoms with van der Waals surface area (Å²) in [5.41, 5.74) is 0. The highest BCUT2D eigenvalue weighted by Crippen LogP contribution is 2.55. The molecule has 1 nitrogen and oxygen atoms in total. The second kappa shape index (κ2) is 13.9. The van der Waals surface area contributed by atoms with Crippen LogP contribution in [0.5, 0.6) is 0 Å². The lowest BCUT2D eigenvalue weighted by Crippen LogP contribution is -2.34. The molecule has 0 saturated heterocycles. The minimum Gasteiger partial charge on any atom is -0.415 e. The average Bonchev–Trinajstić information content (AvgIpc) is 2.87. The maximum atomic E-state index is 6.42. The lowest BCUT2D eigenvalue weighted by atomic mass is 10.1. The molecular weight excluding hydrogens is 459 g/mol. The van der Waals surface area contributed by atoms with Crippen LogP contribution in [0.4, 0.5) is 0 Å². The van der Waals surface area contributed by atoms with Gasteiger partial charge in [-0.3, -0.25) is 0 Å². The van der Waals surface area contributed by atoms with Gasteiger partial charge in [-0.2, -0.15) is 0 Å². The summed E-state index contributed by atoms with van der Waals surface area (Å²) in [6, 6.07) is 34.8. The average molecular weight is 504 g/mol. The fourth-order valence-electron chi connectivity index (χ4n) is 5.17. The number of hydrogen-bond donors (Lipinski definition) is 0. The fraction of sp³-hybridized carbons (Fsp3) is 0.375. The Bertz CT molecular complexity index is 905. The molecule has 0 aliphatic heterocycles. The van der Waals surface area contributed by atoms with Crippen LogP contribution in [0.25, 0.3) is 0 Å². The lowest BCUT2D eigenvalue weighted by Gasteiger charge is -2.27. The summed E-state index contributed by atoms with van der Waals surface area (Å²) in [4.78, 5) is 0. The zero-order chi connectivity index (χ0) is 25.0. The largest absolute Gasteiger partial charge is 0.415 e. The summed E-state index contributed by atoms with van der Waals surface area (Å²) in [5.74, 6) is 0. The van der Waals surface area contributed by atoms with E-state index < -0.39 is 15.6 Å². The number of allylic oxidation sites excluding steroid dienone is 2. The van der Waals surface area contributed by atoms with Gasteiger partial charge in [0.15, 0.2) is 8.32 Å². The van der Waals surface area contributed by atoms with Crippen molar-refractivity contribution in [2.24, 2.45) is 0 Å². The van der Waals surface area contributed by atoms with Crippen LogP contribution in [-0.4, -0.2) is 20.6 Å². The van der Waals surface area contributed by atoms with Crippen LogP contribution < -0.4 is 15.9 Å². The highest BCUT2D eigenvalue weighted by molar-refractivity contribution is 7.95. The molecule has 0 bridgehead atoms. The van der Waals surface area contributed by atoms with E-state index in [0.717, 1.165) is 25.4 Å². The van der Waals surface area contributed by atoms with Gasteiger partial charge in [-0.25, -0.2) is 0 Å². The first-order chi connectivity index (χ1) is 17.0. The van der Waals surface area contributed by atoms with Crippen LogP contribution in [0.15, 0.2) is 103 Å². The predicted octanol–water partition coefficient (Wildman–Crippen LogP) is 8.12. The summed E-state index contributed by atoms with van der Waals surface area (Å²) in [7, 11) is -3.20. The lowest BCUT2D eigenvalue weighted by molar-refractivity contribution is 0.197. The first kappa shape index (κ1) is 27.6. The smallest absolute Gasteiger partial charge is 0.187 e. The molecule has 3 heteroatoms. The van der Waals surface area contributed by atoms with Gasteiger partial charge in [-0.1, -0.05) is 80.1 Å². The van der Waals surface area contributed by atoms with Gasteiger partial charge in [-0.15, -0.1) is 0 Å². The number of rotatable bonds is 14. The topological polar surface area (TPSA) is 9.23 Å². The van der Waals surface area contributed by atoms with Gasteiger partial charge in [0.05, 0.1) is 6.16 Å². The van der Waals surface area contributed by atoms with E-state index in [4.69, 9.17) is 4.43 Å². The molecule has 0 amide bonds. The molecule has 0 radical (unpaired) electrons. The second-order valence-electron chi connectivity index (χ2n) is 10.2. The van der Waals surface area contributed by atoms with Crippen LogP contribution in [0.1, 0.15) is 46.0 Å². The number of unbranched alkanes of at least 4 members (excludes halogenated alkanes) is 1. The van der Waals surface area contributed by atoms with Crippen LogP contribution in [-0.2, 0) is 4.43 Å². The molecule has 0 spiro atoms. The van der Waals surface area contributed by atoms with Crippen LogP contribution >= 0.6 is 7.26 Å². The van der Waals surface area contributed by atoms with Gasteiger partial charge in [0, 0.05) is 12.5 Å². The Hall–Kier alpha value is -1.99. The molecule has 3 aromatic carbocycles. The normalized spacial score (nSPS) is 13.3. The Balaban J connectivity index is 1.68. The third-order valence-corrected chi connectivity index (χ3v) is 14.0. The molecule has 0 aliphatic rings. The van der Waals surface area contributed by atoms with Gasteiger partial charge in [0.2, 0.25) is 0 Å². The van der Waals surface area contributed by atoms with Crippen molar-refractivity contribution in [1.29, 1.82) is 0 Å². The van der Waals surface area contributed by atoms with Crippen LogP contribution in [0, 0.1) is 0 Å². The van der Waals surface area contributed by atoms with Gasteiger partial charge < -0.3 is 4.43 Å². The first-order valence-electron chi connectivity index (χ1n) is 13.4. The van der Waals surface area contributed by atoms with Crippen molar-refractivity contribution in [3.8, 4) is 0 Å². The first-order valence-corrected chi connectivity index (χ1v) is 18.4. The maximum absolute atomic E-state index is 6.42. The van der Waals surface area contributed by atoms with Crippen LogP contribution in [0.2, 0.25) is 19.1 Å². The van der Waals surface area contributed by atoms with E-state index in [1.165, 1.54) is 34.8 Å². The third kappa shape index (κ3) is 8.00. The minimum atomic E-state index is -1.72. The minimum absolute atomic E-state index is 0.379. The molecule has 186 valence electrons. The molecule has 0 heterocycles. The van der Waals surface area contributed by atoms with Crippen molar-refractivity contribution >= 4 is 31.5 Å². The van der Waals surface area contributed by atoms with E-state index in [2.05, 4.69) is 130 Å². The molecule has 3 rings (SSSR count). The van der Waals surface area contributed by atoms with E-state index in [0.29, 0.717) is 6.10 Å². The van der Waals surface area contributed by atoms with Crippen molar-refractivity contribution in [2.45, 2.75) is 71.2 Å². The Kier molecular flexibility index (Phi) is 11.0. The summed E-state index contributed by atoms with van der Waals surface area (Å²) in [5, 5.41) is 4.40. The molecule has 0 N–H and O–H groups in total. The summed E-state index contributed by atoms with van der Waals surface area (Å²) >= 11 is 0. The highest BCUT2D eigenvalue weighted by atomic mass is 31.2. The predicted molar refractivity (Wildman–Crippen MR) is 161 cm³/mol. The molecular formula is C32H44OPSi+. The molecule has 35 heavy (non-hydrogen) atoms. The van der Waals surface area contributed by atoms with E-state index in [1.807, 2.05) is 0 Å². The second-order valence-corrected chi connectivity index (χ2v) is 18.0. The number of benzene rings is 3. The van der Waals surface area contributed by atoms with Gasteiger partial charge >= 0.3 is 0 Å². The van der Waals surface area contributed by atoms with Crippen molar-refractivity contribution in [3.63, 3.8) is 0 Å². The van der Waals surface area contributed by atoms with E-state index >= 15 is 0 Å². The van der Waals surface area contributed by atoms with Gasteiger partial charge in [-0.05, 0) is 81.7 Å². The van der Waals surface area contributed by atoms with E-state index in [9.17, 15) is 0 Å². The molecule has 3 aromatic rings. The molecule has 0 saturated carbocycles. The zero-order valence-corrected chi connectivity index (χ0v) is 24.1. The van der Waals surface area contributed by atoms with Crippen molar-refractivity contribution < 1.29 is 4.43 Å². The van der Waals surface area contributed by atoms with Gasteiger partial charge in [0.25, 0.3) is 0 Å². The SMILES string of the molecule is CCC[Si](C)(C)OC(C)CCC/C=C\CC[P+](c1ccccc1)(c1ccccc1)c1ccccc1. The van der Waals surface area contributed by atoms with Crippen molar-refractivity contribution in [2.75, 3.05) is 6.16 Å². The quantitative estimate of drug-likeness (QED) is 0.0934. The Morgan fingerprint density at radius 1 is 0.743 bits per heavy atom. The molecule has 0 aromatic heterocycles. The van der Waals surface area contributed by atoms with Gasteiger partial charge in [0.1, 0.15) is 23.2 Å². The summed E-state index contributed by atoms with van der Waals surface area (Å²) in [6.07, 6.45) is 12.2. The summed E-state index contributed by atoms with van der Waals surface area (Å²) in [6.45, 7) is 9.23. The molecule has 0 aliphatic carbocycles. The van der Waals surface area contributed by atoms with Crippen LogP contribution in [0.3, 0.4) is 0 Å². The van der Waals surface area contributed by atoms with Crippen molar-refractivity contribution in [1.82, 2.24) is 0 Å². The molecule has 1 unspecified atom stereocenters. The molecule has 1 atom stereocenters. The molecule has 0 fully saturated rings. The Labute approximate surface area is 216 Å². The Morgan fingerprint density at radius 2 is 1.20 bits per heavy atom. The van der Waals surface area contributed by atoms with E-state index in [-0.39, 0.29) is 0 Å². The Morgan fingerprint density at radius 3 is 1.66 bits per heavy atom.